The number of hydrogen-bond donors (Lipinski definition) is 1. The Morgan fingerprint density at radius 1 is 1.35 bits per heavy atom. The van der Waals surface area contributed by atoms with E-state index in [2.05, 4.69) is 15.5 Å². The van der Waals surface area contributed by atoms with Crippen LogP contribution in [0.1, 0.15) is 23.0 Å². The van der Waals surface area contributed by atoms with Crippen LogP contribution in [0.15, 0.2) is 42.9 Å². The highest BCUT2D eigenvalue weighted by molar-refractivity contribution is 6.05. The first-order valence-electron chi connectivity index (χ1n) is 7.76. The van der Waals surface area contributed by atoms with Gasteiger partial charge in [-0.1, -0.05) is 12.1 Å². The van der Waals surface area contributed by atoms with Crippen molar-refractivity contribution < 1.29 is 14.1 Å². The largest absolute Gasteiger partial charge is 0.320 e. The van der Waals surface area contributed by atoms with Crippen LogP contribution in [0, 0.1) is 15.9 Å². The van der Waals surface area contributed by atoms with Crippen LogP contribution >= 0.6 is 0 Å². The van der Waals surface area contributed by atoms with Gasteiger partial charge in [0.2, 0.25) is 5.69 Å². The van der Waals surface area contributed by atoms with E-state index in [9.17, 15) is 19.3 Å². The molecule has 0 radical (unpaired) electrons. The molecule has 0 bridgehead atoms. The van der Waals surface area contributed by atoms with E-state index >= 15 is 0 Å². The molecule has 0 atom stereocenters. The molecule has 0 aliphatic carbocycles. The summed E-state index contributed by atoms with van der Waals surface area (Å²) in [7, 11) is 0. The molecule has 10 heteroatoms. The van der Waals surface area contributed by atoms with Gasteiger partial charge in [-0.3, -0.25) is 24.3 Å². The van der Waals surface area contributed by atoms with Gasteiger partial charge in [0.25, 0.3) is 5.91 Å². The molecule has 1 amide bonds. The van der Waals surface area contributed by atoms with Crippen molar-refractivity contribution >= 4 is 17.3 Å². The molecule has 9 nitrogen and oxygen atoms in total. The molecule has 0 unspecified atom stereocenters. The number of rotatable bonds is 6. The quantitative estimate of drug-likeness (QED) is 0.538. The Morgan fingerprint density at radius 2 is 2.15 bits per heavy atom. The molecule has 0 aliphatic heterocycles. The Kier molecular flexibility index (Phi) is 4.74. The van der Waals surface area contributed by atoms with Crippen LogP contribution in [0.4, 0.5) is 15.8 Å². The highest BCUT2D eigenvalue weighted by Gasteiger charge is 2.25. The summed E-state index contributed by atoms with van der Waals surface area (Å²) in [5.74, 6) is -1.05. The first-order valence-corrected chi connectivity index (χ1v) is 7.76. The molecule has 3 rings (SSSR count). The van der Waals surface area contributed by atoms with Gasteiger partial charge in [0, 0.05) is 12.7 Å². The van der Waals surface area contributed by atoms with Crippen LogP contribution in [0.25, 0.3) is 0 Å². The van der Waals surface area contributed by atoms with Crippen LogP contribution in [0.3, 0.4) is 0 Å². The van der Waals surface area contributed by atoms with Gasteiger partial charge >= 0.3 is 5.69 Å². The zero-order valence-corrected chi connectivity index (χ0v) is 13.8. The lowest BCUT2D eigenvalue weighted by Crippen LogP contribution is -2.14. The number of anilines is 1. The van der Waals surface area contributed by atoms with Crippen molar-refractivity contribution in [2.45, 2.75) is 20.0 Å². The molecule has 134 valence electrons. The summed E-state index contributed by atoms with van der Waals surface area (Å²) in [5, 5.41) is 21.6. The molecule has 2 aromatic heterocycles. The molecule has 1 aromatic carbocycles. The number of nitrogens with zero attached hydrogens (tertiary/aromatic N) is 5. The van der Waals surface area contributed by atoms with Crippen molar-refractivity contribution in [1.29, 1.82) is 0 Å². The highest BCUT2D eigenvalue weighted by atomic mass is 19.1. The van der Waals surface area contributed by atoms with Gasteiger partial charge < -0.3 is 5.32 Å². The van der Waals surface area contributed by atoms with E-state index in [1.807, 2.05) is 0 Å². The smallest absolute Gasteiger partial charge is 0.318 e. The van der Waals surface area contributed by atoms with Crippen LogP contribution in [-0.4, -0.2) is 30.4 Å². The second-order valence-corrected chi connectivity index (χ2v) is 5.49. The van der Waals surface area contributed by atoms with Gasteiger partial charge in [-0.2, -0.15) is 10.2 Å². The van der Waals surface area contributed by atoms with E-state index in [-0.39, 0.29) is 17.2 Å². The van der Waals surface area contributed by atoms with Gasteiger partial charge in [0.15, 0.2) is 0 Å². The number of hydrogen-bond acceptors (Lipinski definition) is 5. The Labute approximate surface area is 147 Å². The maximum absolute atomic E-state index is 13.2. The summed E-state index contributed by atoms with van der Waals surface area (Å²) < 4.78 is 16.1. The summed E-state index contributed by atoms with van der Waals surface area (Å²) in [4.78, 5) is 22.7. The second-order valence-electron chi connectivity index (χ2n) is 5.49. The SMILES string of the molecule is CCn1cc([N+](=O)[O-])c(C(=O)Nc2cnn(Cc3cccc(F)c3)c2)n1. The van der Waals surface area contributed by atoms with Crippen LogP contribution in [0.2, 0.25) is 0 Å². The number of nitrogens with one attached hydrogen (secondary N) is 1. The maximum Gasteiger partial charge on any atom is 0.320 e. The standard InChI is InChI=1S/C16H15FN6O3/c1-2-21-10-14(23(25)26)15(20-21)16(24)19-13-7-18-22(9-13)8-11-4-3-5-12(17)6-11/h3-7,9-10H,2,8H2,1H3,(H,19,24). The molecule has 0 fully saturated rings. The fourth-order valence-electron chi connectivity index (χ4n) is 2.40. The van der Waals surface area contributed by atoms with Gasteiger partial charge in [0.1, 0.15) is 12.0 Å². The predicted octanol–water partition coefficient (Wildman–Crippen LogP) is 2.45. The van der Waals surface area contributed by atoms with Crippen molar-refractivity contribution in [3.8, 4) is 0 Å². The molecular formula is C16H15FN6O3. The lowest BCUT2D eigenvalue weighted by Gasteiger charge is -2.02. The summed E-state index contributed by atoms with van der Waals surface area (Å²) in [6.07, 6.45) is 4.16. The summed E-state index contributed by atoms with van der Waals surface area (Å²) >= 11 is 0. The second kappa shape index (κ2) is 7.13. The Balaban J connectivity index is 1.74. The van der Waals surface area contributed by atoms with Gasteiger partial charge in [0.05, 0.1) is 23.4 Å². The monoisotopic (exact) mass is 358 g/mol. The number of carbonyl (C=O) groups is 1. The minimum Gasteiger partial charge on any atom is -0.318 e. The predicted molar refractivity (Wildman–Crippen MR) is 90.2 cm³/mol. The molecule has 1 N–H and O–H groups in total. The zero-order chi connectivity index (χ0) is 18.7. The Bertz CT molecular complexity index is 965. The van der Waals surface area contributed by atoms with Gasteiger partial charge in [-0.25, -0.2) is 4.39 Å². The van der Waals surface area contributed by atoms with E-state index in [0.29, 0.717) is 24.3 Å². The molecule has 2 heterocycles. The van der Waals surface area contributed by atoms with E-state index < -0.39 is 10.8 Å². The first-order chi connectivity index (χ1) is 12.5. The number of aryl methyl sites for hydroxylation is 1. The summed E-state index contributed by atoms with van der Waals surface area (Å²) in [5.41, 5.74) is 0.432. The van der Waals surface area contributed by atoms with Crippen molar-refractivity contribution in [3.05, 3.63) is 70.0 Å². The normalized spacial score (nSPS) is 10.7. The first kappa shape index (κ1) is 17.3. The van der Waals surface area contributed by atoms with Gasteiger partial charge in [-0.05, 0) is 24.6 Å². The third kappa shape index (κ3) is 3.74. The molecule has 0 saturated carbocycles. The van der Waals surface area contributed by atoms with E-state index in [4.69, 9.17) is 0 Å². The molecule has 3 aromatic rings. The fraction of sp³-hybridized carbons (Fsp3) is 0.188. The number of amides is 1. The van der Waals surface area contributed by atoms with Crippen molar-refractivity contribution in [3.63, 3.8) is 0 Å². The molecule has 0 aliphatic rings. The fourth-order valence-corrected chi connectivity index (χ4v) is 2.40. The summed E-state index contributed by atoms with van der Waals surface area (Å²) in [6.45, 7) is 2.48. The summed E-state index contributed by atoms with van der Waals surface area (Å²) in [6, 6.07) is 6.09. The van der Waals surface area contributed by atoms with Crippen molar-refractivity contribution in [2.24, 2.45) is 0 Å². The third-order valence-corrected chi connectivity index (χ3v) is 3.60. The Morgan fingerprint density at radius 3 is 2.85 bits per heavy atom. The van der Waals surface area contributed by atoms with E-state index in [1.165, 1.54) is 33.9 Å². The number of carbonyl (C=O) groups excluding carboxylic acids is 1. The van der Waals surface area contributed by atoms with Crippen LogP contribution < -0.4 is 5.32 Å². The molecule has 26 heavy (non-hydrogen) atoms. The topological polar surface area (TPSA) is 108 Å². The van der Waals surface area contributed by atoms with E-state index in [0.717, 1.165) is 0 Å². The number of halogens is 1. The number of aromatic nitrogens is 4. The average molecular weight is 358 g/mol. The molecule has 0 saturated heterocycles. The molecular weight excluding hydrogens is 343 g/mol. The van der Waals surface area contributed by atoms with Crippen molar-refractivity contribution in [2.75, 3.05) is 5.32 Å². The van der Waals surface area contributed by atoms with Crippen LogP contribution in [0.5, 0.6) is 0 Å². The number of benzene rings is 1. The minimum atomic E-state index is -0.700. The average Bonchev–Trinajstić information content (AvgIpc) is 3.21. The highest BCUT2D eigenvalue weighted by Crippen LogP contribution is 2.18. The third-order valence-electron chi connectivity index (χ3n) is 3.60. The number of nitro groups is 1. The van der Waals surface area contributed by atoms with E-state index in [1.54, 1.807) is 25.3 Å². The maximum atomic E-state index is 13.2. The van der Waals surface area contributed by atoms with Crippen molar-refractivity contribution in [1.82, 2.24) is 19.6 Å². The van der Waals surface area contributed by atoms with Crippen LogP contribution in [-0.2, 0) is 13.1 Å². The lowest BCUT2D eigenvalue weighted by atomic mass is 10.2. The zero-order valence-electron chi connectivity index (χ0n) is 13.8. The molecule has 0 spiro atoms. The Hall–Kier alpha value is -3.56. The lowest BCUT2D eigenvalue weighted by molar-refractivity contribution is -0.385. The minimum absolute atomic E-state index is 0.269. The van der Waals surface area contributed by atoms with Gasteiger partial charge in [-0.15, -0.1) is 0 Å².